The third-order valence-electron chi connectivity index (χ3n) is 4.33. The lowest BCUT2D eigenvalue weighted by molar-refractivity contribution is -0.118. The van der Waals surface area contributed by atoms with Gasteiger partial charge in [-0.1, -0.05) is 12.1 Å². The highest BCUT2D eigenvalue weighted by Gasteiger charge is 2.17. The number of ether oxygens (including phenoxy) is 1. The van der Waals surface area contributed by atoms with Crippen LogP contribution in [0.3, 0.4) is 0 Å². The highest BCUT2D eigenvalue weighted by Crippen LogP contribution is 2.15. The molecule has 2 heterocycles. The number of aromatic nitrogens is 4. The Hall–Kier alpha value is -3.16. The zero-order valence-electron chi connectivity index (χ0n) is 15.8. The molecule has 0 aliphatic carbocycles. The van der Waals surface area contributed by atoms with E-state index in [0.717, 1.165) is 11.3 Å². The summed E-state index contributed by atoms with van der Waals surface area (Å²) in [7, 11) is 1.60. The minimum absolute atomic E-state index is 0.0136. The standard InChI is InChI=1S/C19H23N5O3/c1-11(2)24-17-15(10-20-24)18(26)23-19(22-17)21-12(3)16(25)9-13-5-7-14(27-4)8-6-13/h5-8,10-12H,9H2,1-4H3,(H2,21,22,23,26). The summed E-state index contributed by atoms with van der Waals surface area (Å²) in [5, 5.41) is 7.62. The van der Waals surface area contributed by atoms with E-state index in [1.807, 2.05) is 38.1 Å². The number of fused-ring (bicyclic) bond motifs is 1. The Morgan fingerprint density at radius 1 is 1.26 bits per heavy atom. The summed E-state index contributed by atoms with van der Waals surface area (Å²) in [4.78, 5) is 31.9. The van der Waals surface area contributed by atoms with Crippen molar-refractivity contribution in [3.63, 3.8) is 0 Å². The molecule has 0 fully saturated rings. The topological polar surface area (TPSA) is 102 Å². The summed E-state index contributed by atoms with van der Waals surface area (Å²) in [6.45, 7) is 5.67. The van der Waals surface area contributed by atoms with Gasteiger partial charge in [0.05, 0.1) is 19.3 Å². The highest BCUT2D eigenvalue weighted by atomic mass is 16.5. The molecule has 3 rings (SSSR count). The van der Waals surface area contributed by atoms with Gasteiger partial charge < -0.3 is 10.1 Å². The molecule has 0 aliphatic heterocycles. The molecule has 1 atom stereocenters. The fourth-order valence-corrected chi connectivity index (χ4v) is 2.77. The maximum absolute atomic E-state index is 12.5. The number of methoxy groups -OCH3 is 1. The van der Waals surface area contributed by atoms with E-state index >= 15 is 0 Å². The molecule has 8 heteroatoms. The summed E-state index contributed by atoms with van der Waals surface area (Å²) in [6.07, 6.45) is 1.78. The number of carbonyl (C=O) groups is 1. The quantitative estimate of drug-likeness (QED) is 0.663. The van der Waals surface area contributed by atoms with Gasteiger partial charge in [0.2, 0.25) is 5.95 Å². The van der Waals surface area contributed by atoms with Gasteiger partial charge in [0, 0.05) is 12.5 Å². The van der Waals surface area contributed by atoms with E-state index in [1.165, 1.54) is 6.20 Å². The number of aromatic amines is 1. The number of H-pyrrole nitrogens is 1. The van der Waals surface area contributed by atoms with Crippen molar-refractivity contribution in [1.29, 1.82) is 0 Å². The van der Waals surface area contributed by atoms with Crippen LogP contribution in [0.15, 0.2) is 35.3 Å². The molecular weight excluding hydrogens is 346 g/mol. The van der Waals surface area contributed by atoms with Crippen LogP contribution in [0.1, 0.15) is 32.4 Å². The van der Waals surface area contributed by atoms with Gasteiger partial charge in [0.1, 0.15) is 11.1 Å². The SMILES string of the molecule is COc1ccc(CC(=O)C(C)Nc2nc3c(cnn3C(C)C)c(=O)[nH]2)cc1. The van der Waals surface area contributed by atoms with Crippen LogP contribution in [0.25, 0.3) is 11.0 Å². The zero-order chi connectivity index (χ0) is 19.6. The van der Waals surface area contributed by atoms with Gasteiger partial charge in [-0.3, -0.25) is 14.6 Å². The lowest BCUT2D eigenvalue weighted by Gasteiger charge is -2.14. The van der Waals surface area contributed by atoms with Crippen LogP contribution in [0.2, 0.25) is 0 Å². The van der Waals surface area contributed by atoms with Gasteiger partial charge in [-0.25, -0.2) is 4.68 Å². The maximum atomic E-state index is 12.5. The number of Topliss-reactive ketones (excluding diaryl/α,β-unsaturated/α-hetero) is 1. The highest BCUT2D eigenvalue weighted by molar-refractivity contribution is 5.88. The monoisotopic (exact) mass is 369 g/mol. The number of rotatable bonds is 7. The molecule has 0 saturated heterocycles. The van der Waals surface area contributed by atoms with Crippen molar-refractivity contribution < 1.29 is 9.53 Å². The van der Waals surface area contributed by atoms with Crippen molar-refractivity contribution in [3.8, 4) is 5.75 Å². The average molecular weight is 369 g/mol. The smallest absolute Gasteiger partial charge is 0.263 e. The number of hydrogen-bond donors (Lipinski definition) is 2. The zero-order valence-corrected chi connectivity index (χ0v) is 15.8. The predicted molar refractivity (Wildman–Crippen MR) is 103 cm³/mol. The summed E-state index contributed by atoms with van der Waals surface area (Å²) in [5.74, 6) is 0.986. The first kappa shape index (κ1) is 18.6. The Bertz CT molecular complexity index is 1000. The van der Waals surface area contributed by atoms with Crippen LogP contribution < -0.4 is 15.6 Å². The number of hydrogen-bond acceptors (Lipinski definition) is 6. The molecule has 1 unspecified atom stereocenters. The van der Waals surface area contributed by atoms with E-state index in [0.29, 0.717) is 11.0 Å². The molecule has 142 valence electrons. The van der Waals surface area contributed by atoms with E-state index in [-0.39, 0.29) is 29.8 Å². The number of nitrogens with one attached hydrogen (secondary N) is 2. The molecule has 1 aromatic carbocycles. The normalized spacial score (nSPS) is 12.3. The van der Waals surface area contributed by atoms with E-state index in [2.05, 4.69) is 20.4 Å². The van der Waals surface area contributed by atoms with Crippen molar-refractivity contribution in [2.75, 3.05) is 12.4 Å². The van der Waals surface area contributed by atoms with Crippen molar-refractivity contribution in [1.82, 2.24) is 19.7 Å². The summed E-state index contributed by atoms with van der Waals surface area (Å²) in [6, 6.07) is 6.91. The number of carbonyl (C=O) groups excluding carboxylic acids is 1. The molecule has 0 saturated carbocycles. The summed E-state index contributed by atoms with van der Waals surface area (Å²) in [5.41, 5.74) is 1.10. The Kier molecular flexibility index (Phi) is 5.25. The minimum atomic E-state index is -0.511. The molecule has 0 bridgehead atoms. The van der Waals surface area contributed by atoms with Crippen molar-refractivity contribution in [2.45, 2.75) is 39.3 Å². The number of benzene rings is 1. The summed E-state index contributed by atoms with van der Waals surface area (Å²) < 4.78 is 6.80. The van der Waals surface area contributed by atoms with Gasteiger partial charge in [-0.15, -0.1) is 0 Å². The minimum Gasteiger partial charge on any atom is -0.497 e. The van der Waals surface area contributed by atoms with Crippen molar-refractivity contribution >= 4 is 22.8 Å². The van der Waals surface area contributed by atoms with Gasteiger partial charge in [-0.2, -0.15) is 10.1 Å². The third-order valence-corrected chi connectivity index (χ3v) is 4.33. The van der Waals surface area contributed by atoms with Crippen LogP contribution in [0.4, 0.5) is 5.95 Å². The molecule has 0 spiro atoms. The third kappa shape index (κ3) is 3.99. The van der Waals surface area contributed by atoms with E-state index in [1.54, 1.807) is 18.7 Å². The van der Waals surface area contributed by atoms with Gasteiger partial charge in [-0.05, 0) is 38.5 Å². The van der Waals surface area contributed by atoms with Crippen LogP contribution >= 0.6 is 0 Å². The van der Waals surface area contributed by atoms with Crippen LogP contribution in [-0.2, 0) is 11.2 Å². The second-order valence-electron chi connectivity index (χ2n) is 6.69. The molecule has 2 N–H and O–H groups in total. The Morgan fingerprint density at radius 2 is 1.96 bits per heavy atom. The van der Waals surface area contributed by atoms with Crippen LogP contribution in [0.5, 0.6) is 5.75 Å². The summed E-state index contributed by atoms with van der Waals surface area (Å²) >= 11 is 0. The lowest BCUT2D eigenvalue weighted by atomic mass is 10.0. The largest absolute Gasteiger partial charge is 0.497 e. The molecule has 0 amide bonds. The van der Waals surface area contributed by atoms with E-state index in [4.69, 9.17) is 4.74 Å². The van der Waals surface area contributed by atoms with Gasteiger partial charge in [0.25, 0.3) is 5.56 Å². The average Bonchev–Trinajstić information content (AvgIpc) is 3.07. The first-order chi connectivity index (χ1) is 12.9. The molecular formula is C19H23N5O3. The van der Waals surface area contributed by atoms with Crippen molar-refractivity contribution in [3.05, 3.63) is 46.4 Å². The van der Waals surface area contributed by atoms with Crippen molar-refractivity contribution in [2.24, 2.45) is 0 Å². The molecule has 0 aliphatic rings. The lowest BCUT2D eigenvalue weighted by Crippen LogP contribution is -2.29. The first-order valence-corrected chi connectivity index (χ1v) is 8.78. The number of ketones is 1. The van der Waals surface area contributed by atoms with Crippen LogP contribution in [0, 0.1) is 0 Å². The first-order valence-electron chi connectivity index (χ1n) is 8.78. The molecule has 3 aromatic rings. The second kappa shape index (κ2) is 7.61. The number of nitrogens with zero attached hydrogens (tertiary/aromatic N) is 3. The van der Waals surface area contributed by atoms with Crippen LogP contribution in [-0.4, -0.2) is 38.7 Å². The van der Waals surface area contributed by atoms with Gasteiger partial charge in [0.15, 0.2) is 11.4 Å². The fourth-order valence-electron chi connectivity index (χ4n) is 2.77. The molecule has 27 heavy (non-hydrogen) atoms. The van der Waals surface area contributed by atoms with E-state index in [9.17, 15) is 9.59 Å². The molecule has 2 aromatic heterocycles. The molecule has 8 nitrogen and oxygen atoms in total. The predicted octanol–water partition coefficient (Wildman–Crippen LogP) is 2.32. The Morgan fingerprint density at radius 3 is 2.59 bits per heavy atom. The van der Waals surface area contributed by atoms with E-state index < -0.39 is 6.04 Å². The second-order valence-corrected chi connectivity index (χ2v) is 6.69. The Balaban J connectivity index is 1.76. The number of anilines is 1. The Labute approximate surface area is 156 Å². The fraction of sp³-hybridized carbons (Fsp3) is 0.368. The molecule has 0 radical (unpaired) electrons. The maximum Gasteiger partial charge on any atom is 0.263 e. The van der Waals surface area contributed by atoms with Gasteiger partial charge >= 0.3 is 0 Å².